The second-order valence-electron chi connectivity index (χ2n) is 4.36. The monoisotopic (exact) mass is 286 g/mol. The van der Waals surface area contributed by atoms with Crippen LogP contribution in [0.1, 0.15) is 6.42 Å². The van der Waals surface area contributed by atoms with E-state index < -0.39 is 27.7 Å². The first kappa shape index (κ1) is 15.4. The Bertz CT molecular complexity index is 474. The molecular formula is C12H18N2O4S. The van der Waals surface area contributed by atoms with Gasteiger partial charge in [-0.15, -0.1) is 13.2 Å². The number of carbonyl (C=O) groups is 2. The summed E-state index contributed by atoms with van der Waals surface area (Å²) in [6.45, 7) is 7.49. The van der Waals surface area contributed by atoms with Crippen molar-refractivity contribution < 1.29 is 18.0 Å². The Morgan fingerprint density at radius 2 is 1.84 bits per heavy atom. The van der Waals surface area contributed by atoms with Crippen LogP contribution in [0.15, 0.2) is 25.3 Å². The first-order valence-electron chi connectivity index (χ1n) is 5.91. The zero-order valence-electron chi connectivity index (χ0n) is 10.7. The SMILES string of the molecule is C=CCN(CC=C)C(=O)C(=O)NC1CCS(=O)(=O)C1. The summed E-state index contributed by atoms with van der Waals surface area (Å²) >= 11 is 0. The standard InChI is InChI=1S/C12H18N2O4S/c1-3-6-14(7-4-2)12(16)11(15)13-10-5-8-19(17,18)9-10/h3-4,10H,1-2,5-9H2,(H,13,15). The van der Waals surface area contributed by atoms with Gasteiger partial charge in [0.2, 0.25) is 0 Å². The number of sulfone groups is 1. The lowest BCUT2D eigenvalue weighted by atomic mass is 10.2. The van der Waals surface area contributed by atoms with E-state index in [1.54, 1.807) is 0 Å². The minimum Gasteiger partial charge on any atom is -0.344 e. The van der Waals surface area contributed by atoms with Gasteiger partial charge in [-0.25, -0.2) is 8.42 Å². The number of hydrogen-bond donors (Lipinski definition) is 1. The predicted octanol–water partition coefficient (Wildman–Crippen LogP) is -0.510. The molecule has 0 radical (unpaired) electrons. The molecule has 0 spiro atoms. The van der Waals surface area contributed by atoms with Gasteiger partial charge in [0.15, 0.2) is 9.84 Å². The molecule has 0 aromatic rings. The molecule has 1 aliphatic heterocycles. The van der Waals surface area contributed by atoms with Gasteiger partial charge in [0.25, 0.3) is 0 Å². The van der Waals surface area contributed by atoms with Crippen LogP contribution in [-0.2, 0) is 19.4 Å². The number of nitrogens with zero attached hydrogens (tertiary/aromatic N) is 1. The van der Waals surface area contributed by atoms with Crippen molar-refractivity contribution in [2.75, 3.05) is 24.6 Å². The van der Waals surface area contributed by atoms with E-state index in [-0.39, 0.29) is 24.6 Å². The predicted molar refractivity (Wildman–Crippen MR) is 72.2 cm³/mol. The van der Waals surface area contributed by atoms with Crippen molar-refractivity contribution in [1.82, 2.24) is 10.2 Å². The third kappa shape index (κ3) is 4.51. The van der Waals surface area contributed by atoms with Gasteiger partial charge < -0.3 is 10.2 Å². The highest BCUT2D eigenvalue weighted by atomic mass is 32.2. The van der Waals surface area contributed by atoms with Crippen LogP contribution in [0.3, 0.4) is 0 Å². The van der Waals surface area contributed by atoms with Gasteiger partial charge in [0.1, 0.15) is 0 Å². The van der Waals surface area contributed by atoms with Gasteiger partial charge in [-0.2, -0.15) is 0 Å². The third-order valence-corrected chi connectivity index (χ3v) is 4.52. The molecule has 1 rings (SSSR count). The smallest absolute Gasteiger partial charge is 0.312 e. The zero-order chi connectivity index (χ0) is 14.5. The lowest BCUT2D eigenvalue weighted by Gasteiger charge is -2.19. The summed E-state index contributed by atoms with van der Waals surface area (Å²) in [7, 11) is -3.08. The molecular weight excluding hydrogens is 268 g/mol. The molecule has 1 fully saturated rings. The van der Waals surface area contributed by atoms with Crippen LogP contribution < -0.4 is 5.32 Å². The van der Waals surface area contributed by atoms with E-state index in [0.717, 1.165) is 0 Å². The van der Waals surface area contributed by atoms with E-state index in [1.165, 1.54) is 17.1 Å². The molecule has 0 aliphatic carbocycles. The average Bonchev–Trinajstić information content (AvgIpc) is 2.67. The van der Waals surface area contributed by atoms with E-state index in [0.29, 0.717) is 6.42 Å². The Kier molecular flexibility index (Phi) is 5.29. The molecule has 106 valence electrons. The van der Waals surface area contributed by atoms with E-state index in [2.05, 4.69) is 18.5 Å². The molecule has 0 bridgehead atoms. The minimum absolute atomic E-state index is 0.0508. The lowest BCUT2D eigenvalue weighted by Crippen LogP contribution is -2.47. The zero-order valence-corrected chi connectivity index (χ0v) is 11.5. The van der Waals surface area contributed by atoms with Crippen LogP contribution in [0.2, 0.25) is 0 Å². The first-order chi connectivity index (χ1) is 8.89. The molecule has 1 saturated heterocycles. The van der Waals surface area contributed by atoms with E-state index in [9.17, 15) is 18.0 Å². The molecule has 7 heteroatoms. The topological polar surface area (TPSA) is 83.6 Å². The molecule has 1 unspecified atom stereocenters. The summed E-state index contributed by atoms with van der Waals surface area (Å²) in [5.41, 5.74) is 0. The molecule has 1 aliphatic rings. The number of amides is 2. The van der Waals surface area contributed by atoms with Gasteiger partial charge in [-0.1, -0.05) is 12.2 Å². The Balaban J connectivity index is 2.59. The van der Waals surface area contributed by atoms with Crippen molar-refractivity contribution in [2.45, 2.75) is 12.5 Å². The summed E-state index contributed by atoms with van der Waals surface area (Å²) in [4.78, 5) is 24.9. The summed E-state index contributed by atoms with van der Waals surface area (Å²) < 4.78 is 22.5. The van der Waals surface area contributed by atoms with Gasteiger partial charge in [-0.3, -0.25) is 9.59 Å². The Morgan fingerprint density at radius 3 is 2.26 bits per heavy atom. The number of nitrogens with one attached hydrogen (secondary N) is 1. The Labute approximate surface area is 113 Å². The van der Waals surface area contributed by atoms with Crippen LogP contribution >= 0.6 is 0 Å². The van der Waals surface area contributed by atoms with Gasteiger partial charge >= 0.3 is 11.8 Å². The maximum atomic E-state index is 11.8. The molecule has 1 atom stereocenters. The molecule has 0 saturated carbocycles. The highest BCUT2D eigenvalue weighted by molar-refractivity contribution is 7.91. The number of rotatable bonds is 5. The van der Waals surface area contributed by atoms with Gasteiger partial charge in [-0.05, 0) is 6.42 Å². The summed E-state index contributed by atoms with van der Waals surface area (Å²) in [6.07, 6.45) is 3.37. The molecule has 1 N–H and O–H groups in total. The third-order valence-electron chi connectivity index (χ3n) is 2.75. The van der Waals surface area contributed by atoms with E-state index in [4.69, 9.17) is 0 Å². The van der Waals surface area contributed by atoms with Crippen LogP contribution in [0.5, 0.6) is 0 Å². The minimum atomic E-state index is -3.08. The van der Waals surface area contributed by atoms with Crippen molar-refractivity contribution >= 4 is 21.7 Å². The molecule has 19 heavy (non-hydrogen) atoms. The van der Waals surface area contributed by atoms with Crippen molar-refractivity contribution in [3.05, 3.63) is 25.3 Å². The number of carbonyl (C=O) groups excluding carboxylic acids is 2. The number of hydrogen-bond acceptors (Lipinski definition) is 4. The maximum absolute atomic E-state index is 11.8. The van der Waals surface area contributed by atoms with Crippen molar-refractivity contribution in [3.63, 3.8) is 0 Å². The van der Waals surface area contributed by atoms with Crippen molar-refractivity contribution in [2.24, 2.45) is 0 Å². The maximum Gasteiger partial charge on any atom is 0.312 e. The summed E-state index contributed by atoms with van der Waals surface area (Å²) in [6, 6.07) is -0.476. The average molecular weight is 286 g/mol. The molecule has 2 amide bonds. The first-order valence-corrected chi connectivity index (χ1v) is 7.73. The van der Waals surface area contributed by atoms with Gasteiger partial charge in [0, 0.05) is 19.1 Å². The molecule has 6 nitrogen and oxygen atoms in total. The second-order valence-corrected chi connectivity index (χ2v) is 6.59. The van der Waals surface area contributed by atoms with Crippen molar-refractivity contribution in [3.8, 4) is 0 Å². The quantitative estimate of drug-likeness (QED) is 0.545. The normalized spacial score (nSPS) is 20.5. The summed E-state index contributed by atoms with van der Waals surface area (Å²) in [5, 5.41) is 2.45. The Morgan fingerprint density at radius 1 is 1.26 bits per heavy atom. The molecule has 1 heterocycles. The lowest BCUT2D eigenvalue weighted by molar-refractivity contribution is -0.145. The highest BCUT2D eigenvalue weighted by Gasteiger charge is 2.31. The second kappa shape index (κ2) is 6.51. The van der Waals surface area contributed by atoms with Crippen LogP contribution in [0, 0.1) is 0 Å². The highest BCUT2D eigenvalue weighted by Crippen LogP contribution is 2.11. The molecule has 0 aromatic carbocycles. The van der Waals surface area contributed by atoms with E-state index in [1.807, 2.05) is 0 Å². The van der Waals surface area contributed by atoms with E-state index >= 15 is 0 Å². The van der Waals surface area contributed by atoms with Crippen LogP contribution in [0.25, 0.3) is 0 Å². The fraction of sp³-hybridized carbons (Fsp3) is 0.500. The fourth-order valence-electron chi connectivity index (χ4n) is 1.85. The fourth-order valence-corrected chi connectivity index (χ4v) is 3.52. The van der Waals surface area contributed by atoms with Crippen LogP contribution in [0.4, 0.5) is 0 Å². The van der Waals surface area contributed by atoms with Crippen LogP contribution in [-0.4, -0.2) is 55.8 Å². The summed E-state index contributed by atoms with van der Waals surface area (Å²) in [5.74, 6) is -1.54. The Hall–Kier alpha value is -1.63. The van der Waals surface area contributed by atoms with Gasteiger partial charge in [0.05, 0.1) is 11.5 Å². The molecule has 0 aromatic heterocycles. The largest absolute Gasteiger partial charge is 0.344 e. The van der Waals surface area contributed by atoms with Crippen molar-refractivity contribution in [1.29, 1.82) is 0 Å².